The molecule has 2 rings (SSSR count). The second-order valence-electron chi connectivity index (χ2n) is 3.01. The molecule has 0 radical (unpaired) electrons. The van der Waals surface area contributed by atoms with Gasteiger partial charge in [0.15, 0.2) is 5.69 Å². The molecular weight excluding hydrogens is 228 g/mol. The molecule has 2 aromatic rings. The van der Waals surface area contributed by atoms with E-state index in [1.54, 1.807) is 6.20 Å². The van der Waals surface area contributed by atoms with Crippen molar-refractivity contribution in [3.8, 4) is 0 Å². The molecule has 5 nitrogen and oxygen atoms in total. The monoisotopic (exact) mass is 250 g/mol. The van der Waals surface area contributed by atoms with Crippen molar-refractivity contribution in [1.82, 2.24) is 15.2 Å². The molecule has 100 valence electrons. The lowest BCUT2D eigenvalue weighted by Gasteiger charge is -2.00. The highest BCUT2D eigenvalue weighted by molar-refractivity contribution is 6.02. The minimum absolute atomic E-state index is 0.261. The van der Waals surface area contributed by atoms with Gasteiger partial charge in [-0.05, 0) is 12.5 Å². The summed E-state index contributed by atoms with van der Waals surface area (Å²) in [6, 6.07) is 1.89. The predicted molar refractivity (Wildman–Crippen MR) is 74.5 cm³/mol. The van der Waals surface area contributed by atoms with Gasteiger partial charge in [0.2, 0.25) is 0 Å². The molecule has 0 fully saturated rings. The van der Waals surface area contributed by atoms with Crippen LogP contribution in [0.2, 0.25) is 0 Å². The molecule has 0 aliphatic carbocycles. The number of hydrogen-bond donors (Lipinski definition) is 2. The van der Waals surface area contributed by atoms with Crippen LogP contribution in [0.4, 0.5) is 0 Å². The lowest BCUT2D eigenvalue weighted by atomic mass is 10.2. The van der Waals surface area contributed by atoms with Gasteiger partial charge in [0, 0.05) is 11.1 Å². The van der Waals surface area contributed by atoms with Crippen LogP contribution in [0.5, 0.6) is 0 Å². The van der Waals surface area contributed by atoms with Crippen LogP contribution in [0.25, 0.3) is 10.9 Å². The molecule has 1 amide bonds. The summed E-state index contributed by atoms with van der Waals surface area (Å²) >= 11 is 0. The summed E-state index contributed by atoms with van der Waals surface area (Å²) in [6.07, 6.45) is 2.42. The normalized spacial score (nSPS) is 8.94. The Kier molecular flexibility index (Phi) is 7.35. The van der Waals surface area contributed by atoms with E-state index in [1.807, 2.05) is 40.7 Å². The Morgan fingerprint density at radius 1 is 1.33 bits per heavy atom. The van der Waals surface area contributed by atoms with Gasteiger partial charge in [0.25, 0.3) is 5.91 Å². The largest absolute Gasteiger partial charge is 0.364 e. The lowest BCUT2D eigenvalue weighted by molar-refractivity contribution is 0.0997. The van der Waals surface area contributed by atoms with Crippen LogP contribution in [0.1, 0.15) is 50.8 Å². The van der Waals surface area contributed by atoms with Crippen molar-refractivity contribution < 1.29 is 4.79 Å². The van der Waals surface area contributed by atoms with E-state index in [0.717, 1.165) is 17.5 Å². The number of fused-ring (bicyclic) bond motifs is 1. The third-order valence-corrected chi connectivity index (χ3v) is 2.08. The second kappa shape index (κ2) is 8.22. The number of aryl methyl sites for hydroxylation is 1. The minimum atomic E-state index is -0.533. The van der Waals surface area contributed by atoms with Gasteiger partial charge in [-0.1, -0.05) is 34.6 Å². The molecule has 3 N–H and O–H groups in total. The van der Waals surface area contributed by atoms with Crippen molar-refractivity contribution in [2.45, 2.75) is 41.0 Å². The fraction of sp³-hybridized carbons (Fsp3) is 0.462. The highest BCUT2D eigenvalue weighted by atomic mass is 16.1. The molecule has 0 spiro atoms. The van der Waals surface area contributed by atoms with Crippen molar-refractivity contribution in [3.63, 3.8) is 0 Å². The molecule has 2 aromatic heterocycles. The Morgan fingerprint density at radius 3 is 2.44 bits per heavy atom. The number of aromatic amines is 1. The number of primary amides is 1. The van der Waals surface area contributed by atoms with Gasteiger partial charge in [-0.25, -0.2) is 4.98 Å². The van der Waals surface area contributed by atoms with E-state index in [0.29, 0.717) is 5.52 Å². The molecule has 0 bridgehead atoms. The Hall–Kier alpha value is -1.91. The molecule has 0 aliphatic rings. The zero-order chi connectivity index (χ0) is 14.1. The Morgan fingerprint density at radius 2 is 1.94 bits per heavy atom. The first kappa shape index (κ1) is 16.1. The van der Waals surface area contributed by atoms with Gasteiger partial charge in [-0.3, -0.25) is 9.89 Å². The summed E-state index contributed by atoms with van der Waals surface area (Å²) in [5.74, 6) is -0.533. The maximum Gasteiger partial charge on any atom is 0.269 e. The van der Waals surface area contributed by atoms with E-state index < -0.39 is 5.91 Å². The van der Waals surface area contributed by atoms with E-state index in [2.05, 4.69) is 15.2 Å². The van der Waals surface area contributed by atoms with Gasteiger partial charge in [-0.15, -0.1) is 0 Å². The van der Waals surface area contributed by atoms with E-state index >= 15 is 0 Å². The number of hydrogen-bond acceptors (Lipinski definition) is 3. The number of nitrogens with zero attached hydrogens (tertiary/aromatic N) is 2. The van der Waals surface area contributed by atoms with E-state index in [-0.39, 0.29) is 5.69 Å². The quantitative estimate of drug-likeness (QED) is 0.859. The molecular formula is C13H22N4O. The number of pyridine rings is 1. The first-order valence-electron chi connectivity index (χ1n) is 6.35. The number of rotatable bonds is 2. The Labute approximate surface area is 108 Å². The first-order chi connectivity index (χ1) is 8.72. The third kappa shape index (κ3) is 3.55. The van der Waals surface area contributed by atoms with Crippen molar-refractivity contribution in [1.29, 1.82) is 0 Å². The number of aromatic nitrogens is 3. The minimum Gasteiger partial charge on any atom is -0.364 e. The second-order valence-corrected chi connectivity index (χ2v) is 3.01. The maximum absolute atomic E-state index is 11.1. The number of H-pyrrole nitrogens is 1. The van der Waals surface area contributed by atoms with Gasteiger partial charge in [0.1, 0.15) is 0 Å². The molecule has 5 heteroatoms. The highest BCUT2D eigenvalue weighted by Crippen LogP contribution is 2.15. The average molecular weight is 250 g/mol. The predicted octanol–water partition coefficient (Wildman–Crippen LogP) is 2.67. The standard InChI is InChI=1S/C9H10N4O.2C2H6/c1-2-6-3-5-4-11-13-7(5)8(12-6)9(10)14;2*1-2/h3-4H,2H2,1H3,(H2,10,14)(H,11,13);2*1-2H3. The molecule has 0 atom stereocenters. The summed E-state index contributed by atoms with van der Waals surface area (Å²) in [5, 5.41) is 7.42. The van der Waals surface area contributed by atoms with Crippen LogP contribution in [-0.2, 0) is 6.42 Å². The Balaban J connectivity index is 0.000000659. The van der Waals surface area contributed by atoms with Gasteiger partial charge >= 0.3 is 0 Å². The molecule has 0 unspecified atom stereocenters. The van der Waals surface area contributed by atoms with Gasteiger partial charge in [-0.2, -0.15) is 5.10 Å². The molecule has 2 heterocycles. The van der Waals surface area contributed by atoms with Crippen molar-refractivity contribution in [2.24, 2.45) is 5.73 Å². The highest BCUT2D eigenvalue weighted by Gasteiger charge is 2.11. The van der Waals surface area contributed by atoms with E-state index in [9.17, 15) is 4.79 Å². The van der Waals surface area contributed by atoms with E-state index in [1.165, 1.54) is 0 Å². The number of carbonyl (C=O) groups excluding carboxylic acids is 1. The van der Waals surface area contributed by atoms with Crippen LogP contribution >= 0.6 is 0 Å². The van der Waals surface area contributed by atoms with Crippen LogP contribution in [0, 0.1) is 0 Å². The van der Waals surface area contributed by atoms with Crippen LogP contribution < -0.4 is 5.73 Å². The van der Waals surface area contributed by atoms with Gasteiger partial charge < -0.3 is 5.73 Å². The molecule has 18 heavy (non-hydrogen) atoms. The summed E-state index contributed by atoms with van der Waals surface area (Å²) in [5.41, 5.74) is 6.92. The van der Waals surface area contributed by atoms with Crippen molar-refractivity contribution in [2.75, 3.05) is 0 Å². The maximum atomic E-state index is 11.1. The topological polar surface area (TPSA) is 84.7 Å². The molecule has 0 saturated carbocycles. The fourth-order valence-electron chi connectivity index (χ4n) is 1.37. The SMILES string of the molecule is CC.CC.CCc1cc2cn[nH]c2c(C(N)=O)n1. The zero-order valence-electron chi connectivity index (χ0n) is 11.7. The summed E-state index contributed by atoms with van der Waals surface area (Å²) in [7, 11) is 0. The van der Waals surface area contributed by atoms with Crippen molar-refractivity contribution in [3.05, 3.63) is 23.7 Å². The molecule has 0 saturated heterocycles. The molecule has 0 aliphatic heterocycles. The number of carbonyl (C=O) groups is 1. The van der Waals surface area contributed by atoms with Crippen LogP contribution in [0.3, 0.4) is 0 Å². The van der Waals surface area contributed by atoms with Crippen LogP contribution in [-0.4, -0.2) is 21.1 Å². The Bertz CT molecular complexity index is 491. The zero-order valence-corrected chi connectivity index (χ0v) is 11.7. The lowest BCUT2D eigenvalue weighted by Crippen LogP contribution is -2.14. The van der Waals surface area contributed by atoms with Crippen molar-refractivity contribution >= 4 is 16.8 Å². The smallest absolute Gasteiger partial charge is 0.269 e. The van der Waals surface area contributed by atoms with Gasteiger partial charge in [0.05, 0.1) is 11.7 Å². The fourth-order valence-corrected chi connectivity index (χ4v) is 1.37. The number of nitrogens with two attached hydrogens (primary N) is 1. The van der Waals surface area contributed by atoms with E-state index in [4.69, 9.17) is 5.73 Å². The summed E-state index contributed by atoms with van der Waals surface area (Å²) in [4.78, 5) is 15.2. The third-order valence-electron chi connectivity index (χ3n) is 2.08. The summed E-state index contributed by atoms with van der Waals surface area (Å²) in [6.45, 7) is 9.97. The first-order valence-corrected chi connectivity index (χ1v) is 6.35. The average Bonchev–Trinajstić information content (AvgIpc) is 2.90. The summed E-state index contributed by atoms with van der Waals surface area (Å²) < 4.78 is 0. The number of nitrogens with one attached hydrogen (secondary N) is 1. The molecule has 0 aromatic carbocycles. The number of amides is 1. The van der Waals surface area contributed by atoms with Crippen LogP contribution in [0.15, 0.2) is 12.3 Å².